The van der Waals surface area contributed by atoms with Crippen LogP contribution in [-0.4, -0.2) is 26.4 Å². The highest BCUT2D eigenvalue weighted by Gasteiger charge is 2.23. The van der Waals surface area contributed by atoms with Gasteiger partial charge in [-0.1, -0.05) is 26.8 Å². The molecule has 0 atom stereocenters. The van der Waals surface area contributed by atoms with E-state index in [1.165, 1.54) is 31.4 Å². The highest BCUT2D eigenvalue weighted by Crippen LogP contribution is 2.30. The number of nitro groups is 1. The second-order valence-electron chi connectivity index (χ2n) is 6.98. The van der Waals surface area contributed by atoms with Crippen molar-refractivity contribution < 1.29 is 22.9 Å². The van der Waals surface area contributed by atoms with Gasteiger partial charge < -0.3 is 10.1 Å². The van der Waals surface area contributed by atoms with Gasteiger partial charge in [-0.25, -0.2) is 8.42 Å². The zero-order chi connectivity index (χ0) is 21.1. The minimum Gasteiger partial charge on any atom is -0.490 e. The molecule has 0 radical (unpaired) electrons. The Morgan fingerprint density at radius 2 is 1.75 bits per heavy atom. The number of hydrogen-bond acceptors (Lipinski definition) is 6. The number of anilines is 2. The van der Waals surface area contributed by atoms with Gasteiger partial charge in [0.25, 0.3) is 10.0 Å². The van der Waals surface area contributed by atoms with E-state index >= 15 is 0 Å². The lowest BCUT2D eigenvalue weighted by molar-refractivity contribution is -0.386. The smallest absolute Gasteiger partial charge is 0.312 e. The Morgan fingerprint density at radius 3 is 2.32 bits per heavy atom. The SMILES string of the molecule is COc1ccc(S(=O)(=O)Nc2cccc(NC(=O)C(C)(C)C)c2)cc1[N+](=O)[O-]. The van der Waals surface area contributed by atoms with Crippen LogP contribution in [0.2, 0.25) is 0 Å². The van der Waals surface area contributed by atoms with Crippen molar-refractivity contribution in [3.8, 4) is 5.75 Å². The van der Waals surface area contributed by atoms with E-state index in [0.29, 0.717) is 5.69 Å². The number of carbonyl (C=O) groups is 1. The summed E-state index contributed by atoms with van der Waals surface area (Å²) in [6.07, 6.45) is 0. The fourth-order valence-corrected chi connectivity index (χ4v) is 3.24. The van der Waals surface area contributed by atoms with E-state index in [2.05, 4.69) is 10.0 Å². The van der Waals surface area contributed by atoms with Gasteiger partial charge in [-0.2, -0.15) is 0 Å². The van der Waals surface area contributed by atoms with Gasteiger partial charge in [-0.05, 0) is 30.3 Å². The predicted octanol–water partition coefficient (Wildman–Crippen LogP) is 3.39. The van der Waals surface area contributed by atoms with Crippen molar-refractivity contribution in [2.24, 2.45) is 5.41 Å². The first-order valence-electron chi connectivity index (χ1n) is 8.21. The average Bonchev–Trinajstić information content (AvgIpc) is 2.60. The molecule has 0 aliphatic heterocycles. The summed E-state index contributed by atoms with van der Waals surface area (Å²) in [6, 6.07) is 9.51. The Bertz CT molecular complexity index is 1010. The van der Waals surface area contributed by atoms with Crippen LogP contribution in [0.5, 0.6) is 5.75 Å². The number of hydrogen-bond donors (Lipinski definition) is 2. The Kier molecular flexibility index (Phi) is 5.93. The van der Waals surface area contributed by atoms with Crippen LogP contribution in [0, 0.1) is 15.5 Å². The molecule has 0 aliphatic rings. The molecule has 2 rings (SSSR count). The summed E-state index contributed by atoms with van der Waals surface area (Å²) in [5.74, 6) is -0.269. The van der Waals surface area contributed by atoms with E-state index < -0.39 is 26.0 Å². The molecular formula is C18H21N3O6S. The lowest BCUT2D eigenvalue weighted by atomic mass is 9.95. The average molecular weight is 407 g/mol. The maximum absolute atomic E-state index is 12.6. The van der Waals surface area contributed by atoms with Crippen LogP contribution in [0.1, 0.15) is 20.8 Å². The molecule has 0 unspecified atom stereocenters. The molecule has 28 heavy (non-hydrogen) atoms. The number of benzene rings is 2. The van der Waals surface area contributed by atoms with Crippen LogP contribution in [0.15, 0.2) is 47.4 Å². The molecule has 0 bridgehead atoms. The van der Waals surface area contributed by atoms with Gasteiger partial charge >= 0.3 is 5.69 Å². The van der Waals surface area contributed by atoms with Crippen molar-refractivity contribution in [2.75, 3.05) is 17.1 Å². The number of nitrogens with one attached hydrogen (secondary N) is 2. The highest BCUT2D eigenvalue weighted by molar-refractivity contribution is 7.92. The van der Waals surface area contributed by atoms with Crippen LogP contribution < -0.4 is 14.8 Å². The minimum atomic E-state index is -4.09. The predicted molar refractivity (Wildman–Crippen MR) is 105 cm³/mol. The number of sulfonamides is 1. The van der Waals surface area contributed by atoms with E-state index in [0.717, 1.165) is 6.07 Å². The summed E-state index contributed by atoms with van der Waals surface area (Å²) >= 11 is 0. The first-order chi connectivity index (χ1) is 12.9. The molecule has 0 aliphatic carbocycles. The van der Waals surface area contributed by atoms with Crippen molar-refractivity contribution in [1.82, 2.24) is 0 Å². The number of amides is 1. The molecule has 2 aromatic rings. The van der Waals surface area contributed by atoms with Gasteiger partial charge in [-0.3, -0.25) is 19.6 Å². The molecule has 0 saturated heterocycles. The molecule has 1 amide bonds. The fraction of sp³-hybridized carbons (Fsp3) is 0.278. The quantitative estimate of drug-likeness (QED) is 0.558. The topological polar surface area (TPSA) is 128 Å². The van der Waals surface area contributed by atoms with Crippen LogP contribution in [0.25, 0.3) is 0 Å². The zero-order valence-corrected chi connectivity index (χ0v) is 16.7. The summed E-state index contributed by atoms with van der Waals surface area (Å²) in [5.41, 5.74) is -0.458. The summed E-state index contributed by atoms with van der Waals surface area (Å²) < 4.78 is 32.4. The Morgan fingerprint density at radius 1 is 1.11 bits per heavy atom. The third-order valence-corrected chi connectivity index (χ3v) is 5.09. The molecule has 0 spiro atoms. The lowest BCUT2D eigenvalue weighted by Gasteiger charge is -2.18. The van der Waals surface area contributed by atoms with E-state index in [9.17, 15) is 23.3 Å². The number of rotatable bonds is 6. The van der Waals surface area contributed by atoms with Crippen LogP contribution in [-0.2, 0) is 14.8 Å². The normalized spacial score (nSPS) is 11.6. The molecule has 0 saturated carbocycles. The minimum absolute atomic E-state index is 0.0455. The molecule has 2 N–H and O–H groups in total. The summed E-state index contributed by atoms with van der Waals surface area (Å²) in [5, 5.41) is 13.8. The van der Waals surface area contributed by atoms with Crippen molar-refractivity contribution in [1.29, 1.82) is 0 Å². The third kappa shape index (κ3) is 4.97. The number of nitro benzene ring substituents is 1. The van der Waals surface area contributed by atoms with Crippen LogP contribution >= 0.6 is 0 Å². The van der Waals surface area contributed by atoms with E-state index in [1.54, 1.807) is 32.9 Å². The van der Waals surface area contributed by atoms with Crippen LogP contribution in [0.3, 0.4) is 0 Å². The van der Waals surface area contributed by atoms with E-state index in [1.807, 2.05) is 0 Å². The Labute approximate surface area is 162 Å². The molecular weight excluding hydrogens is 386 g/mol. The van der Waals surface area contributed by atoms with Gasteiger partial charge in [0.1, 0.15) is 0 Å². The van der Waals surface area contributed by atoms with Gasteiger partial charge in [0, 0.05) is 17.2 Å². The maximum Gasteiger partial charge on any atom is 0.312 e. The molecule has 150 valence electrons. The van der Waals surface area contributed by atoms with Crippen molar-refractivity contribution in [3.05, 3.63) is 52.6 Å². The largest absolute Gasteiger partial charge is 0.490 e. The van der Waals surface area contributed by atoms with Crippen LogP contribution in [0.4, 0.5) is 17.1 Å². The zero-order valence-electron chi connectivity index (χ0n) is 15.8. The first-order valence-corrected chi connectivity index (χ1v) is 9.69. The van der Waals surface area contributed by atoms with Crippen molar-refractivity contribution in [2.45, 2.75) is 25.7 Å². The van der Waals surface area contributed by atoms with Gasteiger partial charge in [-0.15, -0.1) is 0 Å². The molecule has 10 heteroatoms. The fourth-order valence-electron chi connectivity index (χ4n) is 2.17. The van der Waals surface area contributed by atoms with Crippen molar-refractivity contribution >= 4 is 33.0 Å². The molecule has 0 aromatic heterocycles. The molecule has 9 nitrogen and oxygen atoms in total. The van der Waals surface area contributed by atoms with Gasteiger partial charge in [0.15, 0.2) is 5.75 Å². The molecule has 2 aromatic carbocycles. The maximum atomic E-state index is 12.6. The molecule has 0 heterocycles. The van der Waals surface area contributed by atoms with Gasteiger partial charge in [0.2, 0.25) is 5.91 Å². The van der Waals surface area contributed by atoms with E-state index in [-0.39, 0.29) is 22.2 Å². The summed E-state index contributed by atoms with van der Waals surface area (Å²) in [6.45, 7) is 5.27. The Hall–Kier alpha value is -3.14. The standard InChI is InChI=1S/C18H21N3O6S/c1-18(2,3)17(22)19-12-6-5-7-13(10-12)20-28(25,26)14-8-9-16(27-4)15(11-14)21(23)24/h5-11,20H,1-4H3,(H,19,22). The summed E-state index contributed by atoms with van der Waals surface area (Å²) in [4.78, 5) is 22.2. The second kappa shape index (κ2) is 7.85. The van der Waals surface area contributed by atoms with Crippen molar-refractivity contribution in [3.63, 3.8) is 0 Å². The highest BCUT2D eigenvalue weighted by atomic mass is 32.2. The number of carbonyl (C=O) groups excluding carboxylic acids is 1. The third-order valence-electron chi connectivity index (χ3n) is 3.71. The van der Waals surface area contributed by atoms with Gasteiger partial charge in [0.05, 0.1) is 22.6 Å². The second-order valence-corrected chi connectivity index (χ2v) is 8.66. The first kappa shape index (κ1) is 21.2. The monoisotopic (exact) mass is 407 g/mol. The summed E-state index contributed by atoms with van der Waals surface area (Å²) in [7, 11) is -2.83. The van der Waals surface area contributed by atoms with E-state index in [4.69, 9.17) is 4.74 Å². The lowest BCUT2D eigenvalue weighted by Crippen LogP contribution is -2.27. The number of nitrogens with zero attached hydrogens (tertiary/aromatic N) is 1. The molecule has 0 fully saturated rings. The number of ether oxygens (including phenoxy) is 1. The Balaban J connectivity index is 2.30. The number of methoxy groups -OCH3 is 1.